The van der Waals surface area contributed by atoms with Crippen molar-refractivity contribution in [2.75, 3.05) is 5.33 Å². The molecule has 0 radical (unpaired) electrons. The van der Waals surface area contributed by atoms with E-state index in [-0.39, 0.29) is 5.41 Å². The van der Waals surface area contributed by atoms with E-state index in [4.69, 9.17) is 25.7 Å². The Morgan fingerprint density at radius 3 is 0.649 bits per heavy atom. The third kappa shape index (κ3) is 27.8. The van der Waals surface area contributed by atoms with Crippen molar-refractivity contribution < 1.29 is 0 Å². The van der Waals surface area contributed by atoms with Crippen LogP contribution in [0.2, 0.25) is 141 Å². The normalized spacial score (nSPS) is 13.5. The SMILES string of the molecule is Brc1ccc2c(c1)Cc1cc(Br)ccc1-2.C#CCBr.C#CCC1(CC#C)c2cc(CC[Si](C(C)C)(C(C)C)C(C)C)ccc2-c2ccc(CC[Si](C(C)C)(C(C)C)C(C)C)cc21.C#C[Si](C(C)C)(C(C)C)C(C)C.CC(C)[Si](C#Cc1ccc2c(c1)Cc1cc(C#C[Si](C(C)C)(C(C)C)C(C)C)ccc1-2)(C(C)C)C(C)C.CC(C)[Si](CCc1ccc2c(c1)Cc1cc(CC[Si](C(C)C)(C(C)C)C(C)C)ccc1-2)(C(C)C)C(C)C. The van der Waals surface area contributed by atoms with E-state index in [0.717, 1.165) is 108 Å². The number of rotatable bonds is 35. The minimum absolute atomic E-state index is 0.300. The lowest BCUT2D eigenvalue weighted by atomic mass is 9.72. The van der Waals surface area contributed by atoms with Gasteiger partial charge < -0.3 is 0 Å². The Balaban J connectivity index is 0.000000262. The monoisotopic (exact) mass is 2290 g/mol. The minimum atomic E-state index is -1.73. The molecule has 0 heterocycles. The third-order valence-electron chi connectivity index (χ3n) is 39.1. The minimum Gasteiger partial charge on any atom is -0.134 e. The van der Waals surface area contributed by atoms with Crippen LogP contribution in [0.4, 0.5) is 0 Å². The summed E-state index contributed by atoms with van der Waals surface area (Å²) >= 11 is 10.0. The van der Waals surface area contributed by atoms with Gasteiger partial charge in [-0.2, -0.15) is 0 Å². The molecule has 12 rings (SSSR count). The fourth-order valence-electron chi connectivity index (χ4n) is 31.5. The molecular formula is C138H203Br3Si7. The Bertz CT molecular complexity index is 5520. The van der Waals surface area contributed by atoms with Crippen molar-refractivity contribution in [2.45, 2.75) is 495 Å². The molecule has 8 aromatic rings. The van der Waals surface area contributed by atoms with Gasteiger partial charge in [0.2, 0.25) is 0 Å². The fraction of sp³-hybridized carbons (Fsp3) is 0.565. The molecule has 0 N–H and O–H groups in total. The molecule has 0 spiro atoms. The van der Waals surface area contributed by atoms with Crippen LogP contribution in [0.25, 0.3) is 44.5 Å². The molecule has 0 fully saturated rings. The van der Waals surface area contributed by atoms with Crippen LogP contribution in [-0.4, -0.2) is 61.8 Å². The number of terminal acetylenes is 4. The Morgan fingerprint density at radius 2 is 0.446 bits per heavy atom. The van der Waals surface area contributed by atoms with Gasteiger partial charge in [0, 0.05) is 38.3 Å². The van der Waals surface area contributed by atoms with Gasteiger partial charge in [-0.05, 0) is 255 Å². The molecule has 4 aliphatic rings. The Kier molecular flexibility index (Phi) is 48.5. The molecular weight excluding hydrogens is 2090 g/mol. The first-order valence-electron chi connectivity index (χ1n) is 58.0. The van der Waals surface area contributed by atoms with Gasteiger partial charge in [0.15, 0.2) is 0 Å². The van der Waals surface area contributed by atoms with Crippen molar-refractivity contribution in [3.05, 3.63) is 232 Å². The summed E-state index contributed by atoms with van der Waals surface area (Å²) in [6.07, 6.45) is 32.0. The smallest absolute Gasteiger partial charge is 0.134 e. The highest BCUT2D eigenvalue weighted by molar-refractivity contribution is 9.10. The molecule has 148 heavy (non-hydrogen) atoms. The highest BCUT2D eigenvalue weighted by Gasteiger charge is 2.50. The van der Waals surface area contributed by atoms with Gasteiger partial charge in [0.05, 0.1) is 37.6 Å². The number of aryl methyl sites for hydroxylation is 4. The predicted octanol–water partition coefficient (Wildman–Crippen LogP) is 44.2. The highest BCUT2D eigenvalue weighted by atomic mass is 79.9. The first kappa shape index (κ1) is 129. The lowest BCUT2D eigenvalue weighted by Crippen LogP contribution is -2.44. The molecule has 0 nitrogen and oxygen atoms in total. The number of halogens is 3. The van der Waals surface area contributed by atoms with E-state index in [1.807, 2.05) is 0 Å². The van der Waals surface area contributed by atoms with Crippen molar-refractivity contribution in [2.24, 2.45) is 0 Å². The molecule has 0 saturated heterocycles. The van der Waals surface area contributed by atoms with Crippen molar-refractivity contribution in [3.8, 4) is 116 Å². The summed E-state index contributed by atoms with van der Waals surface area (Å²) < 4.78 is 2.32. The van der Waals surface area contributed by atoms with Crippen molar-refractivity contribution >= 4 is 104 Å². The maximum absolute atomic E-state index is 6.14. The molecule has 0 unspecified atom stereocenters. The summed E-state index contributed by atoms with van der Waals surface area (Å²) in [5.41, 5.74) is 57.4. The summed E-state index contributed by atoms with van der Waals surface area (Å²) in [5, 5.41) is 0.660. The number of hydrogen-bond acceptors (Lipinski definition) is 0. The number of hydrogen-bond donors (Lipinski definition) is 0. The number of alkyl halides is 1. The zero-order valence-corrected chi connectivity index (χ0v) is 113. The summed E-state index contributed by atoms with van der Waals surface area (Å²) in [4.78, 5) is 0. The van der Waals surface area contributed by atoms with Crippen LogP contribution in [0.5, 0.6) is 0 Å². The second kappa shape index (κ2) is 55.6. The molecule has 8 aromatic carbocycles. The average Bonchev–Trinajstić information content (AvgIpc) is 1.56. The van der Waals surface area contributed by atoms with Gasteiger partial charge in [-0.1, -0.05) is 544 Å². The Hall–Kier alpha value is -5.92. The maximum Gasteiger partial charge on any atom is 0.146 e. The summed E-state index contributed by atoms with van der Waals surface area (Å²) in [6, 6.07) is 61.7. The van der Waals surface area contributed by atoms with E-state index < -0.39 is 56.5 Å². The largest absolute Gasteiger partial charge is 0.146 e. The van der Waals surface area contributed by atoms with E-state index in [9.17, 15) is 0 Å². The predicted molar refractivity (Wildman–Crippen MR) is 696 cm³/mol. The molecule has 0 aromatic heterocycles. The summed E-state index contributed by atoms with van der Waals surface area (Å²) in [5.74, 6) is 15.8. The van der Waals surface area contributed by atoms with E-state index in [1.54, 1.807) is 22.3 Å². The highest BCUT2D eigenvalue weighted by Crippen LogP contribution is 2.57. The van der Waals surface area contributed by atoms with Gasteiger partial charge >= 0.3 is 0 Å². The summed E-state index contributed by atoms with van der Waals surface area (Å²) in [7, 11) is -10.6. The van der Waals surface area contributed by atoms with Crippen LogP contribution >= 0.6 is 47.8 Å². The van der Waals surface area contributed by atoms with E-state index in [2.05, 4.69) is 530 Å². The Morgan fingerprint density at radius 1 is 0.243 bits per heavy atom. The lowest BCUT2D eigenvalue weighted by molar-refractivity contribution is 0.559. The van der Waals surface area contributed by atoms with Crippen molar-refractivity contribution in [1.82, 2.24) is 0 Å². The molecule has 0 aliphatic heterocycles. The molecule has 0 atom stereocenters. The average molecular weight is 2300 g/mol. The topological polar surface area (TPSA) is 0 Å². The maximum atomic E-state index is 6.14. The Labute approximate surface area is 944 Å². The van der Waals surface area contributed by atoms with E-state index >= 15 is 0 Å². The van der Waals surface area contributed by atoms with Crippen LogP contribution in [0.3, 0.4) is 0 Å². The molecule has 0 saturated carbocycles. The third-order valence-corrected chi connectivity index (χ3v) is 89.4. The molecule has 0 amide bonds. The zero-order valence-electron chi connectivity index (χ0n) is 101. The molecule has 10 heteroatoms. The number of fused-ring (bicyclic) bond motifs is 12. The van der Waals surface area contributed by atoms with E-state index in [0.29, 0.717) is 68.0 Å². The molecule has 0 bridgehead atoms. The van der Waals surface area contributed by atoms with Gasteiger partial charge in [-0.3, -0.25) is 0 Å². The van der Waals surface area contributed by atoms with Crippen LogP contribution in [0.15, 0.2) is 155 Å². The standard InChI is InChI=1S/C41H62Si2.C35H58Si2.C35H50Si2.C13H8Br2.C11H22Si.C3H3Br/c1-15-23-41(24-16-2)39-27-35(21-25-42(29(3)4,30(5)6)31(7)8)17-19-37(39)38-20-18-36(28-40(38)41)22-26-43(32(9)10,33(11)12)34(13)14;2*1-24(2)36(25(3)4,26(5)6)19-17-30-13-15-34-32(21-30)23-33-22-31(14-16-35(33)34)18-20-37(27(7)8,28(9)10)29(11)12;14-10-1-3-12-8(6-10)5-9-7-11(15)2-4-13(9)12;1-8-12(9(2)3,10(4)5)11(6)7;1-2-3-4/h1-2,17-20,27-34H,21-26H2,3-14H3;13-16,21-22,24-29H,17-20,23H2,1-12H3;13-16,21-22,24-29H,23H2,1-12H3;1-4,6-7H,5H2;1,9-11H,2-7H3;1H,3H2. The van der Waals surface area contributed by atoms with Crippen molar-refractivity contribution in [1.29, 1.82) is 0 Å². The van der Waals surface area contributed by atoms with Crippen LogP contribution < -0.4 is 0 Å². The first-order valence-corrected chi connectivity index (χ1v) is 77.1. The van der Waals surface area contributed by atoms with E-state index in [1.165, 1.54) is 137 Å². The first-order chi connectivity index (χ1) is 69.2. The van der Waals surface area contributed by atoms with Crippen LogP contribution in [0.1, 0.15) is 382 Å². The second-order valence-corrected chi connectivity index (χ2v) is 95.9. The molecule has 804 valence electrons. The quantitative estimate of drug-likeness (QED) is 0.0211. The lowest BCUT2D eigenvalue weighted by Gasteiger charge is -2.43. The van der Waals surface area contributed by atoms with Gasteiger partial charge in [0.1, 0.15) is 24.2 Å². The fourth-order valence-corrected chi connectivity index (χ4v) is 73.6. The van der Waals surface area contributed by atoms with Crippen LogP contribution in [-0.2, 0) is 50.4 Å². The van der Waals surface area contributed by atoms with Gasteiger partial charge in [0.25, 0.3) is 0 Å². The summed E-state index contributed by atoms with van der Waals surface area (Å²) in [6.45, 7) is 102. The van der Waals surface area contributed by atoms with Gasteiger partial charge in [-0.25, -0.2) is 0 Å². The second-order valence-electron chi connectivity index (χ2n) is 51.9. The number of benzene rings is 8. The van der Waals surface area contributed by atoms with Gasteiger partial charge in [-0.15, -0.1) is 54.2 Å². The van der Waals surface area contributed by atoms with Crippen LogP contribution in [0, 0.1) is 71.9 Å². The zero-order chi connectivity index (χ0) is 112. The van der Waals surface area contributed by atoms with Crippen molar-refractivity contribution in [3.63, 3.8) is 0 Å². The molecule has 4 aliphatic carbocycles.